The first-order valence-electron chi connectivity index (χ1n) is 34.8. The predicted octanol–water partition coefficient (Wildman–Crippen LogP) is 16.2. The highest BCUT2D eigenvalue weighted by atomic mass is 35.5. The maximum absolute atomic E-state index is 12.4. The molecule has 0 aromatic carbocycles. The van der Waals surface area contributed by atoms with E-state index in [4.69, 9.17) is 50.7 Å². The molecule has 95 heavy (non-hydrogen) atoms. The van der Waals surface area contributed by atoms with Crippen LogP contribution in [-0.2, 0) is 18.9 Å². The van der Waals surface area contributed by atoms with Crippen LogP contribution in [0.1, 0.15) is 87.4 Å². The van der Waals surface area contributed by atoms with Crippen molar-refractivity contribution in [2.24, 2.45) is 23.7 Å². The first-order valence-corrected chi connectivity index (χ1v) is 50.0. The van der Waals surface area contributed by atoms with Crippen molar-refractivity contribution in [2.75, 3.05) is 63.2 Å². The summed E-state index contributed by atoms with van der Waals surface area (Å²) in [4.78, 5) is 49.2. The quantitative estimate of drug-likeness (QED) is 0.0222. The van der Waals surface area contributed by atoms with Crippen LogP contribution in [0.5, 0.6) is 0 Å². The third kappa shape index (κ3) is 20.8. The Morgan fingerprint density at radius 3 is 1.27 bits per heavy atom. The lowest BCUT2D eigenvalue weighted by Crippen LogP contribution is -2.33. The predicted molar refractivity (Wildman–Crippen MR) is 397 cm³/mol. The van der Waals surface area contributed by atoms with Gasteiger partial charge in [-0.2, -0.15) is 19.2 Å². The van der Waals surface area contributed by atoms with Gasteiger partial charge in [-0.05, 0) is 123 Å². The highest BCUT2D eigenvalue weighted by Crippen LogP contribution is 2.50. The molecule has 0 aliphatic heterocycles. The van der Waals surface area contributed by atoms with Crippen LogP contribution in [0.25, 0.3) is 39.4 Å². The van der Waals surface area contributed by atoms with Crippen molar-refractivity contribution < 1.29 is 18.9 Å². The second-order valence-electron chi connectivity index (χ2n) is 32.0. The molecule has 4 aliphatic carbocycles. The minimum absolute atomic E-state index is 0.0532. The fourth-order valence-corrected chi connectivity index (χ4v) is 16.6. The van der Waals surface area contributed by atoms with Crippen LogP contribution in [0.2, 0.25) is 108 Å². The summed E-state index contributed by atoms with van der Waals surface area (Å²) < 4.78 is 30.8. The van der Waals surface area contributed by atoms with Crippen molar-refractivity contribution in [3.8, 4) is 28.1 Å². The Bertz CT molecular complexity index is 3790. The number of anilines is 2. The first kappa shape index (κ1) is 71.8. The third-order valence-corrected chi connectivity index (χ3v) is 26.1. The Kier molecular flexibility index (Phi) is 24.3. The van der Waals surface area contributed by atoms with Gasteiger partial charge in [0.15, 0.2) is 11.3 Å². The van der Waals surface area contributed by atoms with Crippen LogP contribution in [-0.4, -0.2) is 134 Å². The van der Waals surface area contributed by atoms with E-state index in [2.05, 4.69) is 115 Å². The number of halogens is 1. The summed E-state index contributed by atoms with van der Waals surface area (Å²) in [5.41, 5.74) is 7.58. The Hall–Kier alpha value is -5.96. The van der Waals surface area contributed by atoms with Gasteiger partial charge in [-0.1, -0.05) is 128 Å². The number of nitrogens with one attached hydrogen (secondary N) is 1. The summed E-state index contributed by atoms with van der Waals surface area (Å²) >= 11 is 6.12. The zero-order valence-electron chi connectivity index (χ0n) is 58.7. The van der Waals surface area contributed by atoms with Gasteiger partial charge in [0, 0.05) is 153 Å². The number of pyridine rings is 4. The lowest BCUT2D eigenvalue weighted by atomic mass is 9.79. The van der Waals surface area contributed by atoms with Gasteiger partial charge < -0.3 is 33.7 Å². The Morgan fingerprint density at radius 1 is 0.505 bits per heavy atom. The van der Waals surface area contributed by atoms with Gasteiger partial charge in [-0.3, -0.25) is 14.2 Å². The van der Waals surface area contributed by atoms with Crippen LogP contribution < -0.4 is 20.9 Å². The second kappa shape index (κ2) is 32.1. The first-order chi connectivity index (χ1) is 45.3. The number of aromatic amines is 1. The molecule has 0 spiro atoms. The van der Waals surface area contributed by atoms with Crippen molar-refractivity contribution >= 4 is 66.8 Å². The lowest BCUT2D eigenvalue weighted by molar-refractivity contribution is 0.0940. The Balaban J connectivity index is 0.000000189. The number of H-pyrrole nitrogens is 1. The molecule has 12 rings (SSSR count). The van der Waals surface area contributed by atoms with E-state index in [0.29, 0.717) is 49.7 Å². The Morgan fingerprint density at radius 2 is 0.926 bits per heavy atom. The smallest absolute Gasteiger partial charge is 0.256 e. The van der Waals surface area contributed by atoms with Gasteiger partial charge in [-0.25, -0.2) is 19.9 Å². The van der Waals surface area contributed by atoms with Crippen molar-refractivity contribution in [3.63, 3.8) is 0 Å². The van der Waals surface area contributed by atoms with E-state index in [0.717, 1.165) is 125 Å². The third-order valence-electron chi connectivity index (χ3n) is 19.0. The summed E-state index contributed by atoms with van der Waals surface area (Å²) in [5, 5.41) is 10.2. The van der Waals surface area contributed by atoms with E-state index >= 15 is 0 Å². The minimum atomic E-state index is -1.23. The van der Waals surface area contributed by atoms with Crippen LogP contribution in [0.15, 0.2) is 120 Å². The molecule has 512 valence electrons. The summed E-state index contributed by atoms with van der Waals surface area (Å²) in [6, 6.07) is 26.8. The average Bonchev–Trinajstić information content (AvgIpc) is 1.68. The minimum Gasteiger partial charge on any atom is -0.361 e. The highest BCUT2D eigenvalue weighted by Gasteiger charge is 2.38. The van der Waals surface area contributed by atoms with Crippen LogP contribution in [0, 0.1) is 23.7 Å². The molecule has 8 aromatic rings. The van der Waals surface area contributed by atoms with Gasteiger partial charge in [0.05, 0.1) is 12.4 Å². The molecule has 8 aromatic heterocycles. The fraction of sp³-hybridized carbons (Fsp3) is 0.556. The highest BCUT2D eigenvalue weighted by molar-refractivity contribution is 6.77. The van der Waals surface area contributed by atoms with Crippen molar-refractivity contribution in [1.29, 1.82) is 0 Å². The van der Waals surface area contributed by atoms with Crippen LogP contribution >= 0.6 is 11.6 Å². The molecule has 6 atom stereocenters. The standard InChI is InChI=1S/C36H52N6O3Si2.C31H48ClN5O2Si2.C5H5NO/c1-46(2,3)17-15-44-25-40(26-45-16-18-47(4,5)6)34-22-32(30-20-27-10-11-28(19-27)21-30)39-36-31(24-38-42(34)36)29-12-13-33(37-23-29)41-14-8-7-9-35(41)43;1-40(2,3)13-11-38-21-36(22-39-12-14-41(4,5)6)30-18-28(26-16-23-7-8-24(15-23)17-26)35-31-27(20-34-37(30)31)25-9-10-29(32)33-19-25;7-5-3-1-2-4-6-5/h7-9,12-14,22-24,27-28,30H,10-11,15-21,25-26H2,1-6H3;9-10,18-20,23-24,26H,7-8,11-17,21-22H2,1-6H3;1-4H,(H,6,7)/t27-,28+,30?;23-,24+,26?;. The molecule has 4 bridgehead atoms. The van der Waals surface area contributed by atoms with E-state index in [-0.39, 0.29) is 11.1 Å². The topological polar surface area (TPSA) is 184 Å². The van der Waals surface area contributed by atoms with Gasteiger partial charge in [0.1, 0.15) is 49.5 Å². The fourth-order valence-electron chi connectivity index (χ4n) is 13.5. The molecule has 0 radical (unpaired) electrons. The summed E-state index contributed by atoms with van der Waals surface area (Å²) in [7, 11) is -4.85. The maximum Gasteiger partial charge on any atom is 0.256 e. The SMILES string of the molecule is C[Si](C)(C)CCOCN(COCC[Si](C)(C)C)c1cc(C2C[C@H]3CC[C@@H](C2)C3)nc2c(-c3ccc(-n4ccccc4=O)nc3)cnn12.C[Si](C)(C)CCOCN(COCC[Si](C)(C)C)c1cc(C2C[C@H]3CC[C@@H](C2)C3)nc2c(-c3ccc(Cl)nc3)cnn12.O=c1cccc[nH]1. The zero-order valence-corrected chi connectivity index (χ0v) is 63.4. The number of fused-ring (bicyclic) bond motifs is 6. The van der Waals surface area contributed by atoms with Gasteiger partial charge >= 0.3 is 0 Å². The molecule has 2 unspecified atom stereocenters. The molecular formula is C72H105ClN12O6Si4. The van der Waals surface area contributed by atoms with E-state index in [9.17, 15) is 9.59 Å². The molecule has 18 nitrogen and oxygen atoms in total. The maximum atomic E-state index is 12.4. The van der Waals surface area contributed by atoms with Crippen molar-refractivity contribution in [1.82, 2.24) is 48.7 Å². The van der Waals surface area contributed by atoms with Crippen molar-refractivity contribution in [3.05, 3.63) is 147 Å². The van der Waals surface area contributed by atoms with E-state index in [1.54, 1.807) is 41.2 Å². The molecule has 4 aliphatic rings. The molecule has 4 saturated carbocycles. The van der Waals surface area contributed by atoms with Gasteiger partial charge in [0.25, 0.3) is 5.56 Å². The number of hydrogen-bond acceptors (Lipinski definition) is 14. The lowest BCUT2D eigenvalue weighted by Gasteiger charge is -2.30. The number of hydrogen-bond donors (Lipinski definition) is 1. The number of aromatic nitrogens is 10. The summed E-state index contributed by atoms with van der Waals surface area (Å²) in [5.74, 6) is 6.68. The molecule has 0 saturated heterocycles. The normalized spacial score (nSPS) is 19.5. The van der Waals surface area contributed by atoms with Gasteiger partial charge in [-0.15, -0.1) is 0 Å². The molecule has 23 heteroatoms. The summed E-state index contributed by atoms with van der Waals surface area (Å²) in [6.07, 6.45) is 23.8. The summed E-state index contributed by atoms with van der Waals surface area (Å²) in [6.45, 7) is 33.4. The zero-order chi connectivity index (χ0) is 67.5. The molecule has 1 N–H and O–H groups in total. The van der Waals surface area contributed by atoms with E-state index < -0.39 is 32.3 Å². The average molecular weight is 1380 g/mol. The van der Waals surface area contributed by atoms with E-state index in [1.807, 2.05) is 64.2 Å². The number of nitrogens with zero attached hydrogens (tertiary/aromatic N) is 11. The van der Waals surface area contributed by atoms with Crippen LogP contribution in [0.4, 0.5) is 11.6 Å². The van der Waals surface area contributed by atoms with Crippen LogP contribution in [0.3, 0.4) is 0 Å². The van der Waals surface area contributed by atoms with Crippen molar-refractivity contribution in [2.45, 2.75) is 179 Å². The molecule has 8 heterocycles. The second-order valence-corrected chi connectivity index (χ2v) is 54.8. The monoisotopic (exact) mass is 1380 g/mol. The Labute approximate surface area is 572 Å². The number of ether oxygens (including phenoxy) is 4. The van der Waals surface area contributed by atoms with Gasteiger partial charge in [0.2, 0.25) is 5.56 Å². The molecular weight excluding hydrogens is 1280 g/mol. The molecule has 0 amide bonds. The van der Waals surface area contributed by atoms with E-state index in [1.165, 1.54) is 76.0 Å². The number of rotatable bonds is 27. The largest absolute Gasteiger partial charge is 0.361 e. The molecule has 4 fully saturated rings.